The molecule has 0 atom stereocenters. The van der Waals surface area contributed by atoms with Crippen LogP contribution in [0.1, 0.15) is 46.6 Å². The minimum atomic E-state index is -1.15. The number of alkyl halides is 1. The van der Waals surface area contributed by atoms with E-state index in [0.717, 1.165) is 29.7 Å². The van der Waals surface area contributed by atoms with Gasteiger partial charge in [-0.3, -0.25) is 5.32 Å². The number of halogens is 1. The summed E-state index contributed by atoms with van der Waals surface area (Å²) in [4.78, 5) is 11.7. The molecule has 1 aliphatic carbocycles. The molecule has 0 bridgehead atoms. The van der Waals surface area contributed by atoms with Crippen molar-refractivity contribution in [2.75, 3.05) is 12.2 Å². The zero-order valence-corrected chi connectivity index (χ0v) is 15.4. The van der Waals surface area contributed by atoms with Crippen LogP contribution in [0.2, 0.25) is 0 Å². The Bertz CT molecular complexity index is 815. The second-order valence-corrected chi connectivity index (χ2v) is 6.80. The topological polar surface area (TPSA) is 47.6 Å². The zero-order chi connectivity index (χ0) is 18.7. The van der Waals surface area contributed by atoms with Crippen molar-refractivity contribution >= 4 is 11.8 Å². The summed E-state index contributed by atoms with van der Waals surface area (Å²) in [6.45, 7) is 5.34. The van der Waals surface area contributed by atoms with E-state index in [1.807, 2.05) is 19.1 Å². The van der Waals surface area contributed by atoms with Gasteiger partial charge >= 0.3 is 6.09 Å². The van der Waals surface area contributed by atoms with Gasteiger partial charge in [-0.05, 0) is 73.9 Å². The molecule has 3 rings (SSSR count). The number of hydrogen-bond donors (Lipinski definition) is 1. The predicted octanol–water partition coefficient (Wildman–Crippen LogP) is 5.54. The van der Waals surface area contributed by atoms with Crippen LogP contribution in [0.5, 0.6) is 5.75 Å². The third-order valence-corrected chi connectivity index (χ3v) is 4.82. The molecule has 4 nitrogen and oxygen atoms in total. The third-order valence-electron chi connectivity index (χ3n) is 4.82. The highest BCUT2D eigenvalue weighted by atomic mass is 19.1. The number of carbonyl (C=O) groups excluding carboxylic acids is 1. The lowest BCUT2D eigenvalue weighted by atomic mass is 10.0. The van der Waals surface area contributed by atoms with Gasteiger partial charge in [-0.15, -0.1) is 0 Å². The van der Waals surface area contributed by atoms with E-state index in [1.54, 1.807) is 6.07 Å². The minimum Gasteiger partial charge on any atom is -0.489 e. The number of aryl methyl sites for hydroxylation is 3. The van der Waals surface area contributed by atoms with E-state index in [1.165, 1.54) is 16.7 Å². The van der Waals surface area contributed by atoms with Crippen LogP contribution < -0.4 is 10.1 Å². The largest absolute Gasteiger partial charge is 0.489 e. The van der Waals surface area contributed by atoms with Crippen LogP contribution in [-0.2, 0) is 11.3 Å². The quantitative estimate of drug-likeness (QED) is 0.738. The molecule has 0 radical (unpaired) electrons. The molecule has 1 amide bonds. The molecule has 0 heterocycles. The summed E-state index contributed by atoms with van der Waals surface area (Å²) in [7, 11) is 0. The van der Waals surface area contributed by atoms with Crippen LogP contribution in [0.15, 0.2) is 30.3 Å². The molecular formula is C21H24FNO3. The molecule has 1 saturated carbocycles. The molecule has 1 aliphatic rings. The maximum Gasteiger partial charge on any atom is 0.413 e. The fourth-order valence-electron chi connectivity index (χ4n) is 3.09. The molecule has 0 aliphatic heterocycles. The summed E-state index contributed by atoms with van der Waals surface area (Å²) in [6, 6.07) is 9.89. The van der Waals surface area contributed by atoms with Gasteiger partial charge in [0, 0.05) is 5.56 Å². The van der Waals surface area contributed by atoms with Gasteiger partial charge in [-0.25, -0.2) is 9.18 Å². The lowest BCUT2D eigenvalue weighted by molar-refractivity contribution is 0.111. The molecule has 2 aromatic rings. The lowest BCUT2D eigenvalue weighted by Crippen LogP contribution is -2.15. The number of rotatable bonds is 6. The molecule has 0 unspecified atom stereocenters. The smallest absolute Gasteiger partial charge is 0.413 e. The van der Waals surface area contributed by atoms with E-state index < -0.39 is 13.0 Å². The van der Waals surface area contributed by atoms with Crippen LogP contribution >= 0.6 is 0 Å². The Morgan fingerprint density at radius 2 is 1.88 bits per heavy atom. The normalized spacial score (nSPS) is 13.4. The number of amides is 1. The highest BCUT2D eigenvalue weighted by molar-refractivity contribution is 5.86. The molecule has 2 aromatic carbocycles. The first-order chi connectivity index (χ1) is 12.5. The SMILES string of the molecule is Cc1cc(C)c(OCc2c(NC(=O)OCF)cccc2C2CC2)cc1C. The van der Waals surface area contributed by atoms with Crippen molar-refractivity contribution in [1.82, 2.24) is 0 Å². The molecule has 26 heavy (non-hydrogen) atoms. The highest BCUT2D eigenvalue weighted by Crippen LogP contribution is 2.43. The summed E-state index contributed by atoms with van der Waals surface area (Å²) in [6.07, 6.45) is 1.46. The second kappa shape index (κ2) is 7.77. The molecule has 138 valence electrons. The zero-order valence-electron chi connectivity index (χ0n) is 15.4. The van der Waals surface area contributed by atoms with E-state index in [-0.39, 0.29) is 0 Å². The van der Waals surface area contributed by atoms with Crippen LogP contribution in [0.25, 0.3) is 0 Å². The minimum absolute atomic E-state index is 0.335. The second-order valence-electron chi connectivity index (χ2n) is 6.80. The molecule has 0 saturated heterocycles. The van der Waals surface area contributed by atoms with E-state index in [9.17, 15) is 9.18 Å². The molecule has 5 heteroatoms. The van der Waals surface area contributed by atoms with Crippen molar-refractivity contribution in [3.05, 3.63) is 58.1 Å². The van der Waals surface area contributed by atoms with Gasteiger partial charge in [0.15, 0.2) is 0 Å². The van der Waals surface area contributed by atoms with E-state index in [2.05, 4.69) is 36.0 Å². The Labute approximate surface area is 153 Å². The van der Waals surface area contributed by atoms with Gasteiger partial charge in [0.25, 0.3) is 0 Å². The van der Waals surface area contributed by atoms with Crippen molar-refractivity contribution in [2.24, 2.45) is 0 Å². The van der Waals surface area contributed by atoms with Crippen LogP contribution in [0.4, 0.5) is 14.9 Å². The average Bonchev–Trinajstić information content (AvgIpc) is 3.42. The Morgan fingerprint density at radius 3 is 2.58 bits per heavy atom. The number of hydrogen-bond acceptors (Lipinski definition) is 3. The van der Waals surface area contributed by atoms with Crippen LogP contribution in [0, 0.1) is 20.8 Å². The first-order valence-electron chi connectivity index (χ1n) is 8.81. The average molecular weight is 357 g/mol. The number of ether oxygens (including phenoxy) is 2. The van der Waals surface area contributed by atoms with Gasteiger partial charge in [0.05, 0.1) is 5.69 Å². The number of carbonyl (C=O) groups is 1. The fraction of sp³-hybridized carbons (Fsp3) is 0.381. The molecular weight excluding hydrogens is 333 g/mol. The lowest BCUT2D eigenvalue weighted by Gasteiger charge is -2.17. The van der Waals surface area contributed by atoms with Gasteiger partial charge in [0.2, 0.25) is 6.86 Å². The van der Waals surface area contributed by atoms with Crippen molar-refractivity contribution < 1.29 is 18.7 Å². The third kappa shape index (κ3) is 4.15. The number of nitrogens with one attached hydrogen (secondary N) is 1. The summed E-state index contributed by atoms with van der Waals surface area (Å²) in [5, 5.41) is 2.62. The van der Waals surface area contributed by atoms with Gasteiger partial charge in [0.1, 0.15) is 12.4 Å². The first kappa shape index (κ1) is 18.2. The molecule has 1 fully saturated rings. The number of benzene rings is 2. The Balaban J connectivity index is 1.85. The van der Waals surface area contributed by atoms with Crippen LogP contribution in [0.3, 0.4) is 0 Å². The monoisotopic (exact) mass is 357 g/mol. The predicted molar refractivity (Wildman–Crippen MR) is 99.5 cm³/mol. The van der Waals surface area contributed by atoms with Crippen LogP contribution in [-0.4, -0.2) is 13.0 Å². The van der Waals surface area contributed by atoms with E-state index >= 15 is 0 Å². The van der Waals surface area contributed by atoms with Crippen molar-refractivity contribution in [1.29, 1.82) is 0 Å². The van der Waals surface area contributed by atoms with Crippen molar-refractivity contribution in [2.45, 2.75) is 46.1 Å². The Morgan fingerprint density at radius 1 is 1.15 bits per heavy atom. The maximum atomic E-state index is 12.2. The summed E-state index contributed by atoms with van der Waals surface area (Å²) in [5.74, 6) is 1.32. The Kier molecular flexibility index (Phi) is 5.45. The van der Waals surface area contributed by atoms with Crippen molar-refractivity contribution in [3.63, 3.8) is 0 Å². The van der Waals surface area contributed by atoms with Crippen molar-refractivity contribution in [3.8, 4) is 5.75 Å². The van der Waals surface area contributed by atoms with Gasteiger partial charge < -0.3 is 9.47 Å². The standard InChI is InChI=1S/C21H24FNO3/c1-13-9-15(3)20(10-14(13)2)25-11-18-17(16-7-8-16)5-4-6-19(18)23-21(24)26-12-22/h4-6,9-10,16H,7-8,11-12H2,1-3H3,(H,23,24). The molecule has 0 aromatic heterocycles. The summed E-state index contributed by atoms with van der Waals surface area (Å²) >= 11 is 0. The highest BCUT2D eigenvalue weighted by Gasteiger charge is 2.27. The Hall–Kier alpha value is -2.56. The summed E-state index contributed by atoms with van der Waals surface area (Å²) < 4.78 is 22.7. The molecule has 1 N–H and O–H groups in total. The fourth-order valence-corrected chi connectivity index (χ4v) is 3.09. The first-order valence-corrected chi connectivity index (χ1v) is 8.81. The number of anilines is 1. The molecule has 0 spiro atoms. The van der Waals surface area contributed by atoms with Gasteiger partial charge in [-0.1, -0.05) is 18.2 Å². The van der Waals surface area contributed by atoms with E-state index in [4.69, 9.17) is 4.74 Å². The maximum absolute atomic E-state index is 12.2. The van der Waals surface area contributed by atoms with E-state index in [0.29, 0.717) is 18.2 Å². The summed E-state index contributed by atoms with van der Waals surface area (Å²) in [5.41, 5.74) is 6.17. The van der Waals surface area contributed by atoms with Gasteiger partial charge in [-0.2, -0.15) is 0 Å².